The Morgan fingerprint density at radius 1 is 0.833 bits per heavy atom. The van der Waals surface area contributed by atoms with E-state index in [-0.39, 0.29) is 30.1 Å². The smallest absolute Gasteiger partial charge is 0.140 e. The molecule has 0 aliphatic rings. The van der Waals surface area contributed by atoms with Crippen molar-refractivity contribution in [1.29, 1.82) is 0 Å². The van der Waals surface area contributed by atoms with Crippen LogP contribution in [0.4, 0.5) is 0 Å². The molecule has 0 rings (SSSR count). The minimum Gasteiger partial charge on any atom is -0.300 e. The van der Waals surface area contributed by atoms with Crippen molar-refractivity contribution in [2.24, 2.45) is 0 Å². The Labute approximate surface area is 73.7 Å². The van der Waals surface area contributed by atoms with E-state index < -0.39 is 21.4 Å². The lowest BCUT2D eigenvalue weighted by Crippen LogP contribution is -2.05. The van der Waals surface area contributed by atoms with Crippen LogP contribution in [0.1, 0.15) is 12.8 Å². The van der Waals surface area contributed by atoms with Crippen LogP contribution in [0.25, 0.3) is 0 Å². The molecule has 0 spiro atoms. The van der Waals surface area contributed by atoms with Gasteiger partial charge in [0.1, 0.15) is 27.2 Å². The summed E-state index contributed by atoms with van der Waals surface area (Å²) in [5.74, 6) is -0.707. The second-order valence-corrected chi connectivity index (χ2v) is 4.38. The van der Waals surface area contributed by atoms with Crippen LogP contribution in [0.2, 0.25) is 0 Å². The van der Waals surface area contributed by atoms with Crippen molar-refractivity contribution in [3.63, 3.8) is 0 Å². The molecule has 0 saturated heterocycles. The van der Waals surface area contributed by atoms with Crippen LogP contribution in [0.15, 0.2) is 0 Å². The lowest BCUT2D eigenvalue weighted by molar-refractivity contribution is -0.118. The second-order valence-electron chi connectivity index (χ2n) is 2.15. The summed E-state index contributed by atoms with van der Waals surface area (Å²) in [5, 5.41) is 0. The maximum Gasteiger partial charge on any atom is 0.140 e. The van der Waals surface area contributed by atoms with Gasteiger partial charge in [0.05, 0.1) is 11.5 Å². The van der Waals surface area contributed by atoms with Gasteiger partial charge in [-0.05, 0) is 0 Å². The molecule has 72 valence electrons. The van der Waals surface area contributed by atoms with Crippen LogP contribution in [0, 0.1) is 0 Å². The maximum absolute atomic E-state index is 10.7. The molecule has 0 aromatic rings. The zero-order valence-electron chi connectivity index (χ0n) is 6.26. The highest BCUT2D eigenvalue weighted by molar-refractivity contribution is 7.72. The van der Waals surface area contributed by atoms with E-state index >= 15 is 0 Å². The molecule has 12 heavy (non-hydrogen) atoms. The molecule has 0 heterocycles. The van der Waals surface area contributed by atoms with E-state index in [1.165, 1.54) is 0 Å². The topological polar surface area (TPSA) is 85.3 Å². The predicted octanol–water partition coefficient (Wildman–Crippen LogP) is -1.44. The molecule has 0 amide bonds. The standard InChI is InChI=1S/C5H10O5S2/c6-5(1-3-11(7)8)2-4-12(9)10/h11-12H,1-4H2. The fraction of sp³-hybridized carbons (Fsp3) is 0.800. The van der Waals surface area contributed by atoms with E-state index in [0.717, 1.165) is 0 Å². The van der Waals surface area contributed by atoms with Gasteiger partial charge in [0.2, 0.25) is 0 Å². The number of thiol groups is 2. The second kappa shape index (κ2) is 6.13. The van der Waals surface area contributed by atoms with Gasteiger partial charge in [0, 0.05) is 12.8 Å². The van der Waals surface area contributed by atoms with Gasteiger partial charge in [-0.1, -0.05) is 0 Å². The van der Waals surface area contributed by atoms with Crippen LogP contribution in [-0.4, -0.2) is 34.1 Å². The lowest BCUT2D eigenvalue weighted by Gasteiger charge is -1.91. The Balaban J connectivity index is 3.60. The minimum absolute atomic E-state index is 0.0815. The number of hydrogen-bond donors (Lipinski definition) is 2. The minimum atomic E-state index is -2.53. The summed E-state index contributed by atoms with van der Waals surface area (Å²) in [6.07, 6.45) is -0.163. The lowest BCUT2D eigenvalue weighted by atomic mass is 10.2. The molecule has 0 aromatic heterocycles. The van der Waals surface area contributed by atoms with Crippen LogP contribution in [0.3, 0.4) is 0 Å². The molecular formula is C5H10O5S2. The third-order valence-corrected chi connectivity index (χ3v) is 2.32. The van der Waals surface area contributed by atoms with Crippen LogP contribution in [0.5, 0.6) is 0 Å². The van der Waals surface area contributed by atoms with Crippen molar-refractivity contribution in [2.45, 2.75) is 12.8 Å². The SMILES string of the molecule is O=C(CC[SH](=O)=O)CC[SH](=O)=O. The zero-order valence-corrected chi connectivity index (χ0v) is 8.05. The Morgan fingerprint density at radius 3 is 1.42 bits per heavy atom. The number of carbonyl (C=O) groups excluding carboxylic acids is 1. The first kappa shape index (κ1) is 11.6. The normalized spacial score (nSPS) is 10.8. The summed E-state index contributed by atoms with van der Waals surface area (Å²) < 4.78 is 40.0. The first-order valence-electron chi connectivity index (χ1n) is 3.27. The van der Waals surface area contributed by atoms with Crippen molar-refractivity contribution in [3.8, 4) is 0 Å². The molecule has 0 bridgehead atoms. The van der Waals surface area contributed by atoms with Gasteiger partial charge in [-0.3, -0.25) is 4.79 Å². The van der Waals surface area contributed by atoms with Crippen molar-refractivity contribution in [2.75, 3.05) is 11.5 Å². The molecule has 0 unspecified atom stereocenters. The van der Waals surface area contributed by atoms with E-state index in [0.29, 0.717) is 0 Å². The molecule has 0 saturated carbocycles. The van der Waals surface area contributed by atoms with Gasteiger partial charge in [-0.25, -0.2) is 16.8 Å². The fourth-order valence-corrected chi connectivity index (χ4v) is 1.42. The third-order valence-electron chi connectivity index (χ3n) is 1.15. The number of ketones is 1. The van der Waals surface area contributed by atoms with Crippen molar-refractivity contribution in [1.82, 2.24) is 0 Å². The first-order valence-corrected chi connectivity index (χ1v) is 6.00. The molecule has 0 atom stereocenters. The van der Waals surface area contributed by atoms with Gasteiger partial charge in [0.15, 0.2) is 0 Å². The van der Waals surface area contributed by atoms with Crippen LogP contribution < -0.4 is 0 Å². The third kappa shape index (κ3) is 7.67. The van der Waals surface area contributed by atoms with Gasteiger partial charge >= 0.3 is 0 Å². The van der Waals surface area contributed by atoms with Crippen molar-refractivity contribution < 1.29 is 21.6 Å². The zero-order chi connectivity index (χ0) is 9.56. The van der Waals surface area contributed by atoms with Crippen molar-refractivity contribution in [3.05, 3.63) is 0 Å². The summed E-state index contributed by atoms with van der Waals surface area (Å²) in [5.41, 5.74) is 0. The number of carbonyl (C=O) groups is 1. The summed E-state index contributed by atoms with van der Waals surface area (Å²) in [6, 6.07) is 0. The molecular weight excluding hydrogens is 204 g/mol. The fourth-order valence-electron chi connectivity index (χ4n) is 0.557. The highest BCUT2D eigenvalue weighted by atomic mass is 32.2. The molecule has 0 aliphatic carbocycles. The highest BCUT2D eigenvalue weighted by Crippen LogP contribution is 1.90. The monoisotopic (exact) mass is 214 g/mol. The Hall–Kier alpha value is -0.430. The first-order chi connectivity index (χ1) is 5.52. The molecule has 0 aliphatic heterocycles. The number of Topliss-reactive ketones (excluding diaryl/α,β-unsaturated/α-hetero) is 1. The molecule has 0 N–H and O–H groups in total. The Bertz CT molecular complexity index is 244. The number of hydrogen-bond acceptors (Lipinski definition) is 5. The van der Waals surface area contributed by atoms with Crippen LogP contribution in [-0.2, 0) is 26.2 Å². The van der Waals surface area contributed by atoms with E-state index in [2.05, 4.69) is 0 Å². The van der Waals surface area contributed by atoms with E-state index in [4.69, 9.17) is 0 Å². The van der Waals surface area contributed by atoms with Gasteiger partial charge in [0.25, 0.3) is 0 Å². The Morgan fingerprint density at radius 2 is 1.17 bits per heavy atom. The molecule has 7 heteroatoms. The predicted molar refractivity (Wildman–Crippen MR) is 44.6 cm³/mol. The van der Waals surface area contributed by atoms with E-state index in [1.807, 2.05) is 0 Å². The summed E-state index contributed by atoms with van der Waals surface area (Å²) in [7, 11) is -5.06. The maximum atomic E-state index is 10.7. The highest BCUT2D eigenvalue weighted by Gasteiger charge is 2.02. The van der Waals surface area contributed by atoms with Crippen LogP contribution >= 0.6 is 0 Å². The van der Waals surface area contributed by atoms with E-state index in [1.54, 1.807) is 0 Å². The summed E-state index contributed by atoms with van der Waals surface area (Å²) in [4.78, 5) is 10.7. The molecule has 5 nitrogen and oxygen atoms in total. The Kier molecular flexibility index (Phi) is 5.91. The summed E-state index contributed by atoms with van der Waals surface area (Å²) in [6.45, 7) is 0. The largest absolute Gasteiger partial charge is 0.300 e. The average Bonchev–Trinajstić information content (AvgIpc) is 1.96. The van der Waals surface area contributed by atoms with Gasteiger partial charge < -0.3 is 0 Å². The summed E-state index contributed by atoms with van der Waals surface area (Å²) >= 11 is 0. The van der Waals surface area contributed by atoms with Crippen molar-refractivity contribution >= 4 is 27.2 Å². The van der Waals surface area contributed by atoms with Gasteiger partial charge in [-0.2, -0.15) is 0 Å². The number of rotatable bonds is 6. The molecule has 0 fully saturated rings. The average molecular weight is 214 g/mol. The molecule has 0 radical (unpaired) electrons. The van der Waals surface area contributed by atoms with E-state index in [9.17, 15) is 21.6 Å². The van der Waals surface area contributed by atoms with Gasteiger partial charge in [-0.15, -0.1) is 0 Å². The molecule has 0 aromatic carbocycles. The quantitative estimate of drug-likeness (QED) is 0.529.